The Morgan fingerprint density at radius 3 is 2.29 bits per heavy atom. The monoisotopic (exact) mass is 283 g/mol. The second kappa shape index (κ2) is 7.33. The molecule has 4 nitrogen and oxygen atoms in total. The lowest BCUT2D eigenvalue weighted by Crippen LogP contribution is -2.19. The molecule has 0 aliphatic rings. The molecule has 0 aliphatic carbocycles. The summed E-state index contributed by atoms with van der Waals surface area (Å²) in [5.41, 5.74) is 8.16. The second-order valence-electron chi connectivity index (χ2n) is 5.14. The summed E-state index contributed by atoms with van der Waals surface area (Å²) < 4.78 is 0. The summed E-state index contributed by atoms with van der Waals surface area (Å²) in [5, 5.41) is 5.99. The van der Waals surface area contributed by atoms with E-state index in [1.165, 1.54) is 5.56 Å². The SMILES string of the molecule is CC(CCc1ccccc1)Nc1ccc(NC(N)=O)cc1. The van der Waals surface area contributed by atoms with E-state index in [2.05, 4.69) is 41.8 Å². The Hall–Kier alpha value is -2.49. The zero-order valence-corrected chi connectivity index (χ0v) is 12.2. The van der Waals surface area contributed by atoms with E-state index < -0.39 is 6.03 Å². The molecule has 1 unspecified atom stereocenters. The van der Waals surface area contributed by atoms with Crippen LogP contribution in [0, 0.1) is 0 Å². The summed E-state index contributed by atoms with van der Waals surface area (Å²) in [7, 11) is 0. The van der Waals surface area contributed by atoms with Gasteiger partial charge < -0.3 is 16.4 Å². The van der Waals surface area contributed by atoms with Gasteiger partial charge in [-0.15, -0.1) is 0 Å². The van der Waals surface area contributed by atoms with Crippen molar-refractivity contribution >= 4 is 17.4 Å². The van der Waals surface area contributed by atoms with Crippen molar-refractivity contribution in [2.24, 2.45) is 5.73 Å². The number of anilines is 2. The molecule has 0 bridgehead atoms. The lowest BCUT2D eigenvalue weighted by atomic mass is 10.1. The van der Waals surface area contributed by atoms with Gasteiger partial charge in [-0.3, -0.25) is 0 Å². The van der Waals surface area contributed by atoms with E-state index >= 15 is 0 Å². The maximum atomic E-state index is 10.7. The van der Waals surface area contributed by atoms with Gasteiger partial charge in [-0.2, -0.15) is 0 Å². The summed E-state index contributed by atoms with van der Waals surface area (Å²) in [6.45, 7) is 2.17. The molecule has 2 amide bonds. The van der Waals surface area contributed by atoms with Crippen LogP contribution in [0.1, 0.15) is 18.9 Å². The van der Waals surface area contributed by atoms with Gasteiger partial charge in [0.25, 0.3) is 0 Å². The minimum Gasteiger partial charge on any atom is -0.383 e. The first kappa shape index (κ1) is 14.9. The number of hydrogen-bond donors (Lipinski definition) is 3. The van der Waals surface area contributed by atoms with Crippen LogP contribution < -0.4 is 16.4 Å². The van der Waals surface area contributed by atoms with Crippen LogP contribution in [-0.4, -0.2) is 12.1 Å². The van der Waals surface area contributed by atoms with Crippen LogP contribution in [0.4, 0.5) is 16.2 Å². The fourth-order valence-corrected chi connectivity index (χ4v) is 2.18. The van der Waals surface area contributed by atoms with Gasteiger partial charge in [0.1, 0.15) is 0 Å². The van der Waals surface area contributed by atoms with Gasteiger partial charge in [0.15, 0.2) is 0 Å². The first-order valence-corrected chi connectivity index (χ1v) is 7.10. The molecular weight excluding hydrogens is 262 g/mol. The lowest BCUT2D eigenvalue weighted by Gasteiger charge is -2.15. The number of carbonyl (C=O) groups excluding carboxylic acids is 1. The summed E-state index contributed by atoms with van der Waals surface area (Å²) in [6, 6.07) is 17.8. The average Bonchev–Trinajstić information content (AvgIpc) is 2.48. The fourth-order valence-electron chi connectivity index (χ4n) is 2.18. The largest absolute Gasteiger partial charge is 0.383 e. The number of rotatable bonds is 6. The maximum absolute atomic E-state index is 10.7. The van der Waals surface area contributed by atoms with E-state index in [-0.39, 0.29) is 0 Å². The predicted molar refractivity (Wildman–Crippen MR) is 87.5 cm³/mol. The third-order valence-corrected chi connectivity index (χ3v) is 3.27. The molecule has 2 aromatic carbocycles. The summed E-state index contributed by atoms with van der Waals surface area (Å²) in [5.74, 6) is 0. The summed E-state index contributed by atoms with van der Waals surface area (Å²) >= 11 is 0. The van der Waals surface area contributed by atoms with Crippen molar-refractivity contribution in [3.8, 4) is 0 Å². The molecule has 0 aromatic heterocycles. The highest BCUT2D eigenvalue weighted by atomic mass is 16.2. The Labute approximate surface area is 125 Å². The highest BCUT2D eigenvalue weighted by Crippen LogP contribution is 2.15. The zero-order valence-electron chi connectivity index (χ0n) is 12.2. The van der Waals surface area contributed by atoms with E-state index in [1.54, 1.807) is 0 Å². The molecule has 4 N–H and O–H groups in total. The van der Waals surface area contributed by atoms with Gasteiger partial charge >= 0.3 is 6.03 Å². The predicted octanol–water partition coefficient (Wildman–Crippen LogP) is 3.61. The minimum atomic E-state index is -0.549. The number of urea groups is 1. The standard InChI is InChI=1S/C17H21N3O/c1-13(7-8-14-5-3-2-4-6-14)19-15-9-11-16(12-10-15)20-17(18)21/h2-6,9-13,19H,7-8H2,1H3,(H3,18,20,21). The molecule has 2 aromatic rings. The Morgan fingerprint density at radius 1 is 1.05 bits per heavy atom. The fraction of sp³-hybridized carbons (Fsp3) is 0.235. The molecular formula is C17H21N3O. The van der Waals surface area contributed by atoms with Crippen molar-refractivity contribution in [1.82, 2.24) is 0 Å². The van der Waals surface area contributed by atoms with Crippen molar-refractivity contribution in [3.63, 3.8) is 0 Å². The Bertz CT molecular complexity index is 566. The van der Waals surface area contributed by atoms with Gasteiger partial charge in [0, 0.05) is 17.4 Å². The van der Waals surface area contributed by atoms with Crippen LogP contribution in [0.25, 0.3) is 0 Å². The molecule has 2 rings (SSSR count). The van der Waals surface area contributed by atoms with Gasteiger partial charge in [-0.1, -0.05) is 30.3 Å². The second-order valence-corrected chi connectivity index (χ2v) is 5.14. The molecule has 4 heteroatoms. The molecule has 0 spiro atoms. The molecule has 1 atom stereocenters. The van der Waals surface area contributed by atoms with Crippen molar-refractivity contribution in [2.75, 3.05) is 10.6 Å². The number of benzene rings is 2. The van der Waals surface area contributed by atoms with E-state index in [1.807, 2.05) is 30.3 Å². The number of amides is 2. The minimum absolute atomic E-state index is 0.375. The first-order valence-electron chi connectivity index (χ1n) is 7.10. The number of nitrogens with one attached hydrogen (secondary N) is 2. The topological polar surface area (TPSA) is 67.2 Å². The molecule has 110 valence electrons. The van der Waals surface area contributed by atoms with Crippen LogP contribution in [0.5, 0.6) is 0 Å². The van der Waals surface area contributed by atoms with Crippen molar-refractivity contribution in [1.29, 1.82) is 0 Å². The van der Waals surface area contributed by atoms with Gasteiger partial charge in [0.05, 0.1) is 0 Å². The first-order chi connectivity index (χ1) is 10.1. The number of primary amides is 1. The summed E-state index contributed by atoms with van der Waals surface area (Å²) in [6.07, 6.45) is 2.11. The normalized spacial score (nSPS) is 11.7. The average molecular weight is 283 g/mol. The molecule has 0 radical (unpaired) electrons. The zero-order chi connectivity index (χ0) is 15.1. The van der Waals surface area contributed by atoms with Crippen LogP contribution in [-0.2, 0) is 6.42 Å². The highest BCUT2D eigenvalue weighted by molar-refractivity contribution is 5.87. The smallest absolute Gasteiger partial charge is 0.316 e. The van der Waals surface area contributed by atoms with Gasteiger partial charge in [-0.05, 0) is 49.6 Å². The van der Waals surface area contributed by atoms with Gasteiger partial charge in [-0.25, -0.2) is 4.79 Å². The number of nitrogens with two attached hydrogens (primary N) is 1. The highest BCUT2D eigenvalue weighted by Gasteiger charge is 2.03. The third-order valence-electron chi connectivity index (χ3n) is 3.27. The molecule has 0 saturated heterocycles. The quantitative estimate of drug-likeness (QED) is 0.758. The lowest BCUT2D eigenvalue weighted by molar-refractivity contribution is 0.259. The Balaban J connectivity index is 1.82. The molecule has 21 heavy (non-hydrogen) atoms. The van der Waals surface area contributed by atoms with Crippen LogP contribution in [0.3, 0.4) is 0 Å². The Morgan fingerprint density at radius 2 is 1.67 bits per heavy atom. The van der Waals surface area contributed by atoms with Crippen LogP contribution in [0.2, 0.25) is 0 Å². The molecule has 0 heterocycles. The van der Waals surface area contributed by atoms with Crippen molar-refractivity contribution in [3.05, 3.63) is 60.2 Å². The number of aryl methyl sites for hydroxylation is 1. The van der Waals surface area contributed by atoms with E-state index in [9.17, 15) is 4.79 Å². The Kier molecular flexibility index (Phi) is 5.21. The number of hydrogen-bond acceptors (Lipinski definition) is 2. The van der Waals surface area contributed by atoms with E-state index in [0.29, 0.717) is 11.7 Å². The number of carbonyl (C=O) groups is 1. The third kappa shape index (κ3) is 5.18. The molecule has 0 saturated carbocycles. The summed E-state index contributed by atoms with van der Waals surface area (Å²) in [4.78, 5) is 10.7. The molecule has 0 fully saturated rings. The van der Waals surface area contributed by atoms with Crippen LogP contribution in [0.15, 0.2) is 54.6 Å². The van der Waals surface area contributed by atoms with Crippen molar-refractivity contribution < 1.29 is 4.79 Å². The van der Waals surface area contributed by atoms with E-state index in [4.69, 9.17) is 5.73 Å². The van der Waals surface area contributed by atoms with E-state index in [0.717, 1.165) is 18.5 Å². The molecule has 0 aliphatic heterocycles. The van der Waals surface area contributed by atoms with Crippen LogP contribution >= 0.6 is 0 Å². The van der Waals surface area contributed by atoms with Crippen molar-refractivity contribution in [2.45, 2.75) is 25.8 Å². The maximum Gasteiger partial charge on any atom is 0.316 e. The van der Waals surface area contributed by atoms with Gasteiger partial charge in [0.2, 0.25) is 0 Å².